The second-order valence-electron chi connectivity index (χ2n) is 5.83. The van der Waals surface area contributed by atoms with E-state index in [0.717, 1.165) is 16.9 Å². The number of nitriles is 1. The highest BCUT2D eigenvalue weighted by Crippen LogP contribution is 2.33. The molecule has 0 amide bonds. The topological polar surface area (TPSA) is 102 Å². The molecule has 4 rings (SSSR count). The van der Waals surface area contributed by atoms with E-state index in [1.807, 2.05) is 54.6 Å². The predicted octanol–water partition coefficient (Wildman–Crippen LogP) is 2.67. The molecule has 3 aromatic rings. The quantitative estimate of drug-likeness (QED) is 0.754. The van der Waals surface area contributed by atoms with Crippen molar-refractivity contribution in [1.82, 2.24) is 14.8 Å². The van der Waals surface area contributed by atoms with Crippen LogP contribution in [0.2, 0.25) is 0 Å². The van der Waals surface area contributed by atoms with E-state index < -0.39 is 0 Å². The van der Waals surface area contributed by atoms with Crippen LogP contribution in [0.15, 0.2) is 66.5 Å². The average Bonchev–Trinajstić information content (AvgIpc) is 3.17. The Morgan fingerprint density at radius 2 is 1.92 bits per heavy atom. The molecule has 7 heteroatoms. The minimum absolute atomic E-state index is 0.285. The third-order valence-electron chi connectivity index (χ3n) is 4.20. The third-order valence-corrected chi connectivity index (χ3v) is 4.20. The SMILES string of the molecule is N#CC1=C(N)n2ncnc2N[C@@H]1c1ccc(OCc2ccccc2)cc1. The van der Waals surface area contributed by atoms with Gasteiger partial charge in [-0.25, -0.2) is 0 Å². The lowest BCUT2D eigenvalue weighted by molar-refractivity contribution is 0.306. The van der Waals surface area contributed by atoms with Gasteiger partial charge in [0, 0.05) is 0 Å². The molecule has 0 saturated heterocycles. The molecule has 0 spiro atoms. The second-order valence-corrected chi connectivity index (χ2v) is 5.83. The number of anilines is 1. The molecular weight excluding hydrogens is 328 g/mol. The molecule has 7 nitrogen and oxygen atoms in total. The summed E-state index contributed by atoms with van der Waals surface area (Å²) in [7, 11) is 0. The van der Waals surface area contributed by atoms with Crippen LogP contribution in [0.1, 0.15) is 17.2 Å². The number of benzene rings is 2. The lowest BCUT2D eigenvalue weighted by atomic mass is 9.98. The molecule has 0 saturated carbocycles. The van der Waals surface area contributed by atoms with Crippen molar-refractivity contribution in [2.75, 3.05) is 5.32 Å². The molecule has 1 aliphatic heterocycles. The van der Waals surface area contributed by atoms with Crippen molar-refractivity contribution in [3.05, 3.63) is 77.6 Å². The van der Waals surface area contributed by atoms with Crippen LogP contribution in [-0.2, 0) is 6.61 Å². The van der Waals surface area contributed by atoms with Crippen molar-refractivity contribution in [3.8, 4) is 11.8 Å². The number of nitrogens with two attached hydrogens (primary N) is 1. The summed E-state index contributed by atoms with van der Waals surface area (Å²) < 4.78 is 7.23. The summed E-state index contributed by atoms with van der Waals surface area (Å²) >= 11 is 0. The lowest BCUT2D eigenvalue weighted by Crippen LogP contribution is -2.27. The Bertz CT molecular complexity index is 985. The van der Waals surface area contributed by atoms with E-state index in [-0.39, 0.29) is 11.9 Å². The van der Waals surface area contributed by atoms with Crippen LogP contribution in [-0.4, -0.2) is 14.8 Å². The minimum Gasteiger partial charge on any atom is -0.489 e. The first-order chi connectivity index (χ1) is 12.8. The maximum absolute atomic E-state index is 9.51. The summed E-state index contributed by atoms with van der Waals surface area (Å²) in [4.78, 5) is 4.12. The number of fused-ring (bicyclic) bond motifs is 1. The minimum atomic E-state index is -0.375. The van der Waals surface area contributed by atoms with Gasteiger partial charge in [0.15, 0.2) is 0 Å². The van der Waals surface area contributed by atoms with Gasteiger partial charge in [-0.2, -0.15) is 20.0 Å². The van der Waals surface area contributed by atoms with E-state index in [9.17, 15) is 5.26 Å². The standard InChI is InChI=1S/C19H16N6O/c20-10-16-17(24-19-22-12-23-25(19)18(16)21)14-6-8-15(9-7-14)26-11-13-4-2-1-3-5-13/h1-9,12,17H,11,21H2,(H,22,23,24)/t17-/m1/s1. The Morgan fingerprint density at radius 1 is 1.15 bits per heavy atom. The molecule has 128 valence electrons. The fraction of sp³-hybridized carbons (Fsp3) is 0.105. The van der Waals surface area contributed by atoms with Crippen molar-refractivity contribution in [2.24, 2.45) is 5.73 Å². The molecule has 0 radical (unpaired) electrons. The van der Waals surface area contributed by atoms with Crippen molar-refractivity contribution in [1.29, 1.82) is 5.26 Å². The van der Waals surface area contributed by atoms with E-state index in [1.165, 1.54) is 11.0 Å². The van der Waals surface area contributed by atoms with E-state index in [2.05, 4.69) is 21.5 Å². The van der Waals surface area contributed by atoms with Crippen LogP contribution in [0.4, 0.5) is 5.95 Å². The lowest BCUT2D eigenvalue weighted by Gasteiger charge is -2.25. The van der Waals surface area contributed by atoms with E-state index in [0.29, 0.717) is 18.1 Å². The number of ether oxygens (including phenoxy) is 1. The van der Waals surface area contributed by atoms with Crippen molar-refractivity contribution in [3.63, 3.8) is 0 Å². The number of aromatic nitrogens is 3. The van der Waals surface area contributed by atoms with Crippen LogP contribution in [0.3, 0.4) is 0 Å². The molecule has 0 fully saturated rings. The fourth-order valence-electron chi connectivity index (χ4n) is 2.85. The zero-order chi connectivity index (χ0) is 17.9. The van der Waals surface area contributed by atoms with Gasteiger partial charge in [0.2, 0.25) is 5.95 Å². The first-order valence-electron chi connectivity index (χ1n) is 8.09. The van der Waals surface area contributed by atoms with Gasteiger partial charge in [0.05, 0.1) is 11.6 Å². The van der Waals surface area contributed by atoms with Crippen LogP contribution < -0.4 is 15.8 Å². The molecule has 3 N–H and O–H groups in total. The highest BCUT2D eigenvalue weighted by molar-refractivity contribution is 5.65. The van der Waals surface area contributed by atoms with Gasteiger partial charge in [0.1, 0.15) is 30.6 Å². The Kier molecular flexibility index (Phi) is 4.00. The molecule has 0 aliphatic carbocycles. The van der Waals surface area contributed by atoms with Gasteiger partial charge >= 0.3 is 0 Å². The van der Waals surface area contributed by atoms with Gasteiger partial charge in [-0.3, -0.25) is 0 Å². The van der Waals surface area contributed by atoms with Gasteiger partial charge in [0.25, 0.3) is 0 Å². The summed E-state index contributed by atoms with van der Waals surface area (Å²) in [6.07, 6.45) is 1.40. The second kappa shape index (κ2) is 6.61. The molecule has 2 aromatic carbocycles. The molecule has 26 heavy (non-hydrogen) atoms. The highest BCUT2D eigenvalue weighted by atomic mass is 16.5. The van der Waals surface area contributed by atoms with E-state index >= 15 is 0 Å². The molecule has 1 atom stereocenters. The molecule has 2 heterocycles. The van der Waals surface area contributed by atoms with Gasteiger partial charge in [-0.15, -0.1) is 0 Å². The summed E-state index contributed by atoms with van der Waals surface area (Å²) in [5.41, 5.74) is 8.47. The van der Waals surface area contributed by atoms with Crippen LogP contribution >= 0.6 is 0 Å². The number of nitrogens with zero attached hydrogens (tertiary/aromatic N) is 4. The van der Waals surface area contributed by atoms with Crippen LogP contribution in [0, 0.1) is 11.3 Å². The Labute approximate surface area is 150 Å². The van der Waals surface area contributed by atoms with Gasteiger partial charge in [-0.1, -0.05) is 42.5 Å². The third kappa shape index (κ3) is 2.84. The summed E-state index contributed by atoms with van der Waals surface area (Å²) in [6, 6.07) is 19.3. The molecule has 1 aromatic heterocycles. The number of nitrogens with one attached hydrogen (secondary N) is 1. The number of rotatable bonds is 4. The smallest absolute Gasteiger partial charge is 0.228 e. The monoisotopic (exact) mass is 344 g/mol. The molecular formula is C19H16N6O. The summed E-state index contributed by atoms with van der Waals surface area (Å²) in [5, 5.41) is 16.7. The molecule has 0 bridgehead atoms. The van der Waals surface area contributed by atoms with Crippen molar-refractivity contribution in [2.45, 2.75) is 12.6 Å². The fourth-order valence-corrected chi connectivity index (χ4v) is 2.85. The number of hydrogen-bond acceptors (Lipinski definition) is 6. The zero-order valence-corrected chi connectivity index (χ0v) is 13.8. The first-order valence-corrected chi connectivity index (χ1v) is 8.09. The van der Waals surface area contributed by atoms with Gasteiger partial charge in [-0.05, 0) is 23.3 Å². The highest BCUT2D eigenvalue weighted by Gasteiger charge is 2.28. The molecule has 1 aliphatic rings. The normalized spacial score (nSPS) is 15.7. The Balaban J connectivity index is 1.54. The largest absolute Gasteiger partial charge is 0.489 e. The number of hydrogen-bond donors (Lipinski definition) is 2. The maximum Gasteiger partial charge on any atom is 0.228 e. The molecule has 0 unspecified atom stereocenters. The first kappa shape index (κ1) is 15.7. The van der Waals surface area contributed by atoms with E-state index in [4.69, 9.17) is 10.5 Å². The van der Waals surface area contributed by atoms with Crippen LogP contribution in [0.25, 0.3) is 5.82 Å². The summed E-state index contributed by atoms with van der Waals surface area (Å²) in [6.45, 7) is 0.501. The maximum atomic E-state index is 9.51. The predicted molar refractivity (Wildman–Crippen MR) is 96.6 cm³/mol. The van der Waals surface area contributed by atoms with Crippen molar-refractivity contribution < 1.29 is 4.74 Å². The van der Waals surface area contributed by atoms with Gasteiger partial charge < -0.3 is 15.8 Å². The Hall–Kier alpha value is -3.79. The Morgan fingerprint density at radius 3 is 2.65 bits per heavy atom. The van der Waals surface area contributed by atoms with E-state index in [1.54, 1.807) is 0 Å². The zero-order valence-electron chi connectivity index (χ0n) is 13.8. The average molecular weight is 344 g/mol. The summed E-state index contributed by atoms with van der Waals surface area (Å²) in [5.74, 6) is 1.55. The van der Waals surface area contributed by atoms with Crippen LogP contribution in [0.5, 0.6) is 5.75 Å². The van der Waals surface area contributed by atoms with Crippen molar-refractivity contribution >= 4 is 11.8 Å².